The molecule has 2 heterocycles. The molecule has 16 heteroatoms. The predicted octanol–water partition coefficient (Wildman–Crippen LogP) is 3.65. The molecule has 45 heavy (non-hydrogen) atoms. The summed E-state index contributed by atoms with van der Waals surface area (Å²) in [5.41, 5.74) is 8.27. The molecule has 0 aliphatic rings. The Labute approximate surface area is 266 Å². The number of hydrogen-bond acceptors (Lipinski definition) is 9. The third kappa shape index (κ3) is 9.00. The maximum atomic E-state index is 13.6. The van der Waals surface area contributed by atoms with Crippen LogP contribution in [-0.2, 0) is 34.9 Å². The minimum Gasteiger partial charge on any atom is -0.397 e. The molecule has 0 spiro atoms. The van der Waals surface area contributed by atoms with Gasteiger partial charge in [-0.05, 0) is 53.1 Å². The van der Waals surface area contributed by atoms with E-state index in [-0.39, 0.29) is 0 Å². The highest BCUT2D eigenvalue weighted by molar-refractivity contribution is 7.90. The molecule has 2 aromatic heterocycles. The maximum Gasteiger partial charge on any atom is 0.249 e. The molecule has 0 saturated carbocycles. The summed E-state index contributed by atoms with van der Waals surface area (Å²) in [6, 6.07) is 18.3. The van der Waals surface area contributed by atoms with Gasteiger partial charge in [0.25, 0.3) is 0 Å². The topological polar surface area (TPSA) is 187 Å². The quantitative estimate of drug-likeness (QED) is 0.0709. The number of rotatable bonds is 13. The number of nitrogens with one attached hydrogen (secondary N) is 3. The normalized spacial score (nSPS) is 13.2. The van der Waals surface area contributed by atoms with Crippen LogP contribution in [0.2, 0.25) is 0 Å². The zero-order chi connectivity index (χ0) is 33.0. The lowest BCUT2D eigenvalue weighted by atomic mass is 10.1. The van der Waals surface area contributed by atoms with Crippen molar-refractivity contribution in [2.75, 3.05) is 23.6 Å². The second kappa shape index (κ2) is 13.5. The van der Waals surface area contributed by atoms with Crippen molar-refractivity contribution in [2.45, 2.75) is 11.4 Å². The lowest BCUT2D eigenvalue weighted by Crippen LogP contribution is -2.40. The molecule has 1 atom stereocenters. The van der Waals surface area contributed by atoms with Gasteiger partial charge in [-0.15, -0.1) is 17.9 Å². The van der Waals surface area contributed by atoms with Crippen molar-refractivity contribution in [2.24, 2.45) is 0 Å². The Hall–Kier alpha value is -4.06. The number of carbonyl (C=O) groups excluding carboxylic acids is 1. The van der Waals surface area contributed by atoms with Gasteiger partial charge in [0.1, 0.15) is 11.4 Å². The fourth-order valence-electron chi connectivity index (χ4n) is 4.21. The van der Waals surface area contributed by atoms with Crippen LogP contribution < -0.4 is 20.5 Å². The average molecular weight is 690 g/mol. The fourth-order valence-corrected chi connectivity index (χ4v) is 8.41. The van der Waals surface area contributed by atoms with Crippen LogP contribution >= 0.6 is 11.3 Å². The Balaban J connectivity index is 1.50. The molecule has 0 aliphatic carbocycles. The van der Waals surface area contributed by atoms with Gasteiger partial charge in [0.05, 0.1) is 23.9 Å². The van der Waals surface area contributed by atoms with E-state index in [0.29, 0.717) is 32.9 Å². The summed E-state index contributed by atoms with van der Waals surface area (Å²) < 4.78 is 79.8. The van der Waals surface area contributed by atoms with Gasteiger partial charge in [-0.2, -0.15) is 9.44 Å². The summed E-state index contributed by atoms with van der Waals surface area (Å²) >= 11 is 1.23. The third-order valence-electron chi connectivity index (χ3n) is 6.26. The van der Waals surface area contributed by atoms with Crippen molar-refractivity contribution in [3.05, 3.63) is 114 Å². The Bertz CT molecular complexity index is 2030. The first-order valence-electron chi connectivity index (χ1n) is 13.1. The van der Waals surface area contributed by atoms with Gasteiger partial charge in [-0.3, -0.25) is 8.77 Å². The van der Waals surface area contributed by atoms with E-state index in [0.717, 1.165) is 21.4 Å². The fraction of sp³-hybridized carbons (Fsp3) is 0.138. The Morgan fingerprint density at radius 1 is 0.911 bits per heavy atom. The molecule has 0 saturated heterocycles. The highest BCUT2D eigenvalue weighted by atomic mass is 32.2. The summed E-state index contributed by atoms with van der Waals surface area (Å²) in [4.78, 5) is 13.5. The lowest BCUT2D eigenvalue weighted by Gasteiger charge is -2.18. The molecule has 2 aromatic carbocycles. The van der Waals surface area contributed by atoms with Gasteiger partial charge in [0, 0.05) is 28.2 Å². The minimum atomic E-state index is -3.97. The molecule has 4 rings (SSSR count). The van der Waals surface area contributed by atoms with Crippen LogP contribution in [0, 0.1) is 0 Å². The molecule has 1 amide bonds. The number of nitrogens with zero attached hydrogens (tertiary/aromatic N) is 1. The lowest BCUT2D eigenvalue weighted by molar-refractivity contribution is -0.111. The monoisotopic (exact) mass is 689 g/mol. The molecule has 12 nitrogen and oxygen atoms in total. The molecule has 0 aliphatic heterocycles. The van der Waals surface area contributed by atoms with Crippen molar-refractivity contribution in [3.63, 3.8) is 0 Å². The molecule has 0 bridgehead atoms. The Morgan fingerprint density at radius 2 is 1.56 bits per heavy atom. The Morgan fingerprint density at radius 3 is 2.16 bits per heavy atom. The van der Waals surface area contributed by atoms with Crippen LogP contribution in [0.5, 0.6) is 0 Å². The number of carbonyl (C=O) groups is 1. The van der Waals surface area contributed by atoms with Crippen LogP contribution in [0.1, 0.15) is 27.4 Å². The van der Waals surface area contributed by atoms with Crippen molar-refractivity contribution in [1.29, 1.82) is 0 Å². The first-order valence-corrected chi connectivity index (χ1v) is 19.2. The van der Waals surface area contributed by atoms with Gasteiger partial charge in [0.15, 0.2) is 0 Å². The first-order chi connectivity index (χ1) is 21.1. The van der Waals surface area contributed by atoms with Gasteiger partial charge >= 0.3 is 0 Å². The molecular weight excluding hydrogens is 659 g/mol. The van der Waals surface area contributed by atoms with Gasteiger partial charge in [-0.1, -0.05) is 42.5 Å². The van der Waals surface area contributed by atoms with Crippen LogP contribution in [0.25, 0.3) is 16.5 Å². The standard InChI is InChI=1S/C29H31N5O7S4/c1-4-27(45(40,41)34-18-17-20(19-34)9-16-28(35)31-24-8-6-5-7-23(24)30)26-15-14-25(42-26)21-10-12-22(13-11-21)29(32-43(2,36)37)33-44(3,38)39/h4-19,27,29,32-33H,1,30H2,2-3H3,(H,31,35)/b16-9+. The Kier molecular flexibility index (Phi) is 10.2. The summed E-state index contributed by atoms with van der Waals surface area (Å²) in [6.45, 7) is 3.74. The molecule has 1 unspecified atom stereocenters. The number of aromatic nitrogens is 1. The van der Waals surface area contributed by atoms with Gasteiger partial charge < -0.3 is 11.1 Å². The number of hydrogen-bond donors (Lipinski definition) is 4. The molecule has 238 valence electrons. The number of nitrogens with two attached hydrogens (primary N) is 1. The number of benzene rings is 2. The van der Waals surface area contributed by atoms with Crippen molar-refractivity contribution < 1.29 is 30.0 Å². The number of para-hydroxylation sites is 2. The van der Waals surface area contributed by atoms with Crippen molar-refractivity contribution in [3.8, 4) is 10.4 Å². The van der Waals surface area contributed by atoms with E-state index in [1.807, 2.05) is 0 Å². The van der Waals surface area contributed by atoms with E-state index < -0.39 is 47.4 Å². The van der Waals surface area contributed by atoms with Crippen LogP contribution in [-0.4, -0.2) is 47.6 Å². The third-order valence-corrected chi connectivity index (χ3v) is 10.9. The number of amides is 1. The second-order valence-electron chi connectivity index (χ2n) is 9.92. The molecule has 0 fully saturated rings. The van der Waals surface area contributed by atoms with E-state index in [2.05, 4.69) is 21.3 Å². The van der Waals surface area contributed by atoms with E-state index in [9.17, 15) is 30.0 Å². The van der Waals surface area contributed by atoms with Gasteiger partial charge in [-0.25, -0.2) is 25.3 Å². The average Bonchev–Trinajstić information content (AvgIpc) is 3.63. The highest BCUT2D eigenvalue weighted by Crippen LogP contribution is 2.36. The molecule has 5 N–H and O–H groups in total. The minimum absolute atomic E-state index is 0.358. The summed E-state index contributed by atoms with van der Waals surface area (Å²) in [5, 5.41) is 1.59. The number of sulfonamides is 2. The van der Waals surface area contributed by atoms with Crippen molar-refractivity contribution >= 4 is 64.8 Å². The summed E-state index contributed by atoms with van der Waals surface area (Å²) in [6.07, 6.45) is 7.50. The maximum absolute atomic E-state index is 13.6. The van der Waals surface area contributed by atoms with Crippen LogP contribution in [0.15, 0.2) is 97.9 Å². The van der Waals surface area contributed by atoms with E-state index in [1.165, 1.54) is 42.0 Å². The largest absolute Gasteiger partial charge is 0.397 e. The van der Waals surface area contributed by atoms with Gasteiger partial charge in [0.2, 0.25) is 36.0 Å². The highest BCUT2D eigenvalue weighted by Gasteiger charge is 2.28. The predicted molar refractivity (Wildman–Crippen MR) is 179 cm³/mol. The number of nitrogen functional groups attached to an aromatic ring is 1. The number of thiophene rings is 1. The molecular formula is C29H31N5O7S4. The van der Waals surface area contributed by atoms with Crippen LogP contribution in [0.3, 0.4) is 0 Å². The zero-order valence-electron chi connectivity index (χ0n) is 24.1. The van der Waals surface area contributed by atoms with Crippen molar-refractivity contribution in [1.82, 2.24) is 13.4 Å². The second-order valence-corrected chi connectivity index (χ2v) is 16.6. The molecule has 4 aromatic rings. The summed E-state index contributed by atoms with van der Waals surface area (Å²) in [5.74, 6) is -0.430. The molecule has 0 radical (unpaired) electrons. The smallest absolute Gasteiger partial charge is 0.249 e. The SMILES string of the molecule is C=CC(c1ccc(-c2ccc(C(NS(C)(=O)=O)NS(C)(=O)=O)cc2)s1)S(=O)(=O)n1ccc(/C=C/C(=O)Nc2ccccc2N)c1. The van der Waals surface area contributed by atoms with E-state index in [1.54, 1.807) is 66.7 Å². The van der Waals surface area contributed by atoms with E-state index in [4.69, 9.17) is 5.73 Å². The van der Waals surface area contributed by atoms with Crippen LogP contribution in [0.4, 0.5) is 11.4 Å². The summed E-state index contributed by atoms with van der Waals surface area (Å²) in [7, 11) is -11.5. The zero-order valence-corrected chi connectivity index (χ0v) is 27.4. The first kappa shape index (κ1) is 33.8. The van der Waals surface area contributed by atoms with E-state index >= 15 is 0 Å². The number of anilines is 2.